The van der Waals surface area contributed by atoms with Gasteiger partial charge in [0, 0.05) is 17.9 Å². The summed E-state index contributed by atoms with van der Waals surface area (Å²) in [6, 6.07) is 12.4. The molecule has 0 aliphatic carbocycles. The van der Waals surface area contributed by atoms with Crippen molar-refractivity contribution in [3.8, 4) is 17.2 Å². The predicted molar refractivity (Wildman–Crippen MR) is 73.8 cm³/mol. The van der Waals surface area contributed by atoms with Gasteiger partial charge in [-0.05, 0) is 32.0 Å². The van der Waals surface area contributed by atoms with E-state index in [1.54, 1.807) is 12.1 Å². The van der Waals surface area contributed by atoms with Gasteiger partial charge in [-0.2, -0.15) is 0 Å². The highest BCUT2D eigenvalue weighted by atomic mass is 16.5. The van der Waals surface area contributed by atoms with Gasteiger partial charge in [0.2, 0.25) is 0 Å². The zero-order valence-electron chi connectivity index (χ0n) is 11.5. The molecule has 0 radical (unpaired) electrons. The molecule has 1 atom stereocenters. The summed E-state index contributed by atoms with van der Waals surface area (Å²) < 4.78 is 11.0. The first-order valence-corrected chi connectivity index (χ1v) is 6.45. The lowest BCUT2D eigenvalue weighted by Gasteiger charge is -2.20. The van der Waals surface area contributed by atoms with Crippen molar-refractivity contribution in [1.29, 1.82) is 0 Å². The predicted octanol–water partition coefficient (Wildman–Crippen LogP) is 2.54. The van der Waals surface area contributed by atoms with Crippen LogP contribution in [-0.4, -0.2) is 11.7 Å². The van der Waals surface area contributed by atoms with Crippen LogP contribution in [0.15, 0.2) is 42.5 Å². The topological polar surface area (TPSA) is 61.8 Å². The van der Waals surface area contributed by atoms with Crippen LogP contribution in [0.1, 0.15) is 24.3 Å². The third-order valence-electron chi connectivity index (χ3n) is 2.81. The quantitative estimate of drug-likeness (QED) is 0.850. The highest BCUT2D eigenvalue weighted by Crippen LogP contribution is 2.30. The van der Waals surface area contributed by atoms with E-state index in [1.807, 2.05) is 38.1 Å². The summed E-state index contributed by atoms with van der Waals surface area (Å²) in [6.07, 6.45) is -1.81. The van der Waals surface area contributed by atoms with E-state index in [0.29, 0.717) is 23.9 Å². The molecule has 2 aromatic carbocycles. The normalized spacial score (nSPS) is 12.0. The van der Waals surface area contributed by atoms with Crippen LogP contribution >= 0.6 is 0 Å². The molecule has 0 aliphatic heterocycles. The van der Waals surface area contributed by atoms with Crippen LogP contribution in [-0.2, 0) is 0 Å². The third-order valence-corrected chi connectivity index (χ3v) is 2.81. The Morgan fingerprint density at radius 3 is 2.35 bits per heavy atom. The fourth-order valence-electron chi connectivity index (χ4n) is 1.81. The molecule has 4 heteroatoms. The maximum absolute atomic E-state index is 11.2. The first-order chi connectivity index (χ1) is 9.60. The van der Waals surface area contributed by atoms with Crippen LogP contribution in [0.25, 0.3) is 0 Å². The molecule has 106 valence electrons. The molecule has 1 N–H and O–H groups in total. The van der Waals surface area contributed by atoms with Gasteiger partial charge in [-0.1, -0.05) is 23.8 Å². The number of hydrogen-bond acceptors (Lipinski definition) is 4. The number of rotatable bonds is 5. The number of aliphatic hydroxyl groups excluding tert-OH is 1. The zero-order chi connectivity index (χ0) is 14.5. The van der Waals surface area contributed by atoms with Gasteiger partial charge in [0.05, 0.1) is 6.61 Å². The summed E-state index contributed by atoms with van der Waals surface area (Å²) in [5, 5.41) is 20.3. The molecular formula is C16H17O4-. The van der Waals surface area contributed by atoms with E-state index >= 15 is 0 Å². The SMILES string of the molecule is CCOc1cc(Oc2ccc(C)cc2)ccc1C([O-])O. The molecule has 0 bridgehead atoms. The fourth-order valence-corrected chi connectivity index (χ4v) is 1.81. The van der Waals surface area contributed by atoms with Crippen molar-refractivity contribution >= 4 is 0 Å². The van der Waals surface area contributed by atoms with E-state index in [2.05, 4.69) is 0 Å². The number of hydrogen-bond donors (Lipinski definition) is 1. The third kappa shape index (κ3) is 3.50. The summed E-state index contributed by atoms with van der Waals surface area (Å²) in [4.78, 5) is 0. The molecule has 0 aliphatic rings. The highest BCUT2D eigenvalue weighted by molar-refractivity contribution is 5.43. The Kier molecular flexibility index (Phi) is 4.61. The van der Waals surface area contributed by atoms with E-state index in [-0.39, 0.29) is 5.56 Å². The standard InChI is InChI=1S/C16H17O4/c1-3-19-15-10-13(8-9-14(15)16(17)18)20-12-6-4-11(2)5-7-12/h4-10,16-17H,3H2,1-2H3/q-1. The average molecular weight is 273 g/mol. The molecule has 20 heavy (non-hydrogen) atoms. The number of aliphatic hydroxyl groups is 1. The maximum Gasteiger partial charge on any atom is 0.131 e. The Morgan fingerprint density at radius 1 is 1.10 bits per heavy atom. The van der Waals surface area contributed by atoms with Crippen molar-refractivity contribution in [1.82, 2.24) is 0 Å². The van der Waals surface area contributed by atoms with Gasteiger partial charge in [0.15, 0.2) is 0 Å². The van der Waals surface area contributed by atoms with Crippen molar-refractivity contribution in [2.75, 3.05) is 6.61 Å². The summed E-state index contributed by atoms with van der Waals surface area (Å²) in [7, 11) is 0. The molecule has 4 nitrogen and oxygen atoms in total. The van der Waals surface area contributed by atoms with Gasteiger partial charge in [0.25, 0.3) is 0 Å². The van der Waals surface area contributed by atoms with Crippen LogP contribution in [0.3, 0.4) is 0 Å². The minimum Gasteiger partial charge on any atom is -0.828 e. The second-order valence-corrected chi connectivity index (χ2v) is 4.40. The molecule has 0 spiro atoms. The molecular weight excluding hydrogens is 256 g/mol. The number of benzene rings is 2. The molecule has 0 heterocycles. The molecule has 1 unspecified atom stereocenters. The lowest BCUT2D eigenvalue weighted by atomic mass is 10.2. The van der Waals surface area contributed by atoms with Gasteiger partial charge >= 0.3 is 0 Å². The monoisotopic (exact) mass is 273 g/mol. The Labute approximate surface area is 118 Å². The van der Waals surface area contributed by atoms with Crippen LogP contribution < -0.4 is 14.6 Å². The van der Waals surface area contributed by atoms with Gasteiger partial charge < -0.3 is 19.7 Å². The molecule has 0 saturated carbocycles. The zero-order valence-corrected chi connectivity index (χ0v) is 11.5. The molecule has 0 aromatic heterocycles. The van der Waals surface area contributed by atoms with Crippen molar-refractivity contribution in [2.24, 2.45) is 0 Å². The Morgan fingerprint density at radius 2 is 1.75 bits per heavy atom. The smallest absolute Gasteiger partial charge is 0.131 e. The summed E-state index contributed by atoms with van der Waals surface area (Å²) in [6.45, 7) is 4.23. The summed E-state index contributed by atoms with van der Waals surface area (Å²) >= 11 is 0. The van der Waals surface area contributed by atoms with E-state index < -0.39 is 6.29 Å². The van der Waals surface area contributed by atoms with Crippen LogP contribution in [0.4, 0.5) is 0 Å². The molecule has 0 amide bonds. The molecule has 2 rings (SSSR count). The first-order valence-electron chi connectivity index (χ1n) is 6.45. The highest BCUT2D eigenvalue weighted by Gasteiger charge is 2.08. The number of ether oxygens (including phenoxy) is 2. The maximum atomic E-state index is 11.2. The molecule has 2 aromatic rings. The van der Waals surface area contributed by atoms with Gasteiger partial charge in [-0.25, -0.2) is 0 Å². The van der Waals surface area contributed by atoms with E-state index in [9.17, 15) is 5.11 Å². The Balaban J connectivity index is 2.24. The molecule has 0 saturated heterocycles. The van der Waals surface area contributed by atoms with E-state index in [0.717, 1.165) is 5.56 Å². The van der Waals surface area contributed by atoms with Crippen molar-refractivity contribution in [3.63, 3.8) is 0 Å². The number of aryl methyl sites for hydroxylation is 1. The van der Waals surface area contributed by atoms with Gasteiger partial charge in [-0.15, -0.1) is 0 Å². The minimum atomic E-state index is -1.81. The Hall–Kier alpha value is -2.04. The lowest BCUT2D eigenvalue weighted by molar-refractivity contribution is -0.490. The van der Waals surface area contributed by atoms with Gasteiger partial charge in [0.1, 0.15) is 17.2 Å². The minimum absolute atomic E-state index is 0.211. The van der Waals surface area contributed by atoms with E-state index in [4.69, 9.17) is 14.6 Å². The molecule has 0 fully saturated rings. The van der Waals surface area contributed by atoms with Crippen LogP contribution in [0, 0.1) is 6.92 Å². The van der Waals surface area contributed by atoms with Crippen LogP contribution in [0.5, 0.6) is 17.2 Å². The summed E-state index contributed by atoms with van der Waals surface area (Å²) in [5.74, 6) is 1.61. The Bertz CT molecular complexity index is 561. The largest absolute Gasteiger partial charge is 0.828 e. The fraction of sp³-hybridized carbons (Fsp3) is 0.250. The first kappa shape index (κ1) is 14.4. The lowest BCUT2D eigenvalue weighted by Crippen LogP contribution is -2.15. The van der Waals surface area contributed by atoms with Crippen molar-refractivity contribution in [3.05, 3.63) is 53.6 Å². The average Bonchev–Trinajstić information content (AvgIpc) is 2.42. The van der Waals surface area contributed by atoms with E-state index in [1.165, 1.54) is 6.07 Å². The van der Waals surface area contributed by atoms with Crippen molar-refractivity contribution < 1.29 is 19.7 Å². The van der Waals surface area contributed by atoms with Gasteiger partial charge in [-0.3, -0.25) is 0 Å². The van der Waals surface area contributed by atoms with Crippen molar-refractivity contribution in [2.45, 2.75) is 20.1 Å². The second-order valence-electron chi connectivity index (χ2n) is 4.40. The second kappa shape index (κ2) is 6.41. The van der Waals surface area contributed by atoms with Crippen LogP contribution in [0.2, 0.25) is 0 Å². The summed E-state index contributed by atoms with van der Waals surface area (Å²) in [5.41, 5.74) is 1.36.